The third kappa shape index (κ3) is 4.00. The molecule has 9 heteroatoms. The Morgan fingerprint density at radius 2 is 1.89 bits per heavy atom. The molecule has 0 spiro atoms. The van der Waals surface area contributed by atoms with Crippen LogP contribution in [-0.2, 0) is 14.2 Å². The first kappa shape index (κ1) is 22.6. The van der Waals surface area contributed by atoms with Crippen LogP contribution in [0.1, 0.15) is 63.1 Å². The number of halogens is 1. The lowest BCUT2D eigenvalue weighted by molar-refractivity contribution is -0.190. The van der Waals surface area contributed by atoms with E-state index in [0.717, 1.165) is 18.5 Å². The summed E-state index contributed by atoms with van der Waals surface area (Å²) in [4.78, 5) is 13.6. The zero-order chi connectivity index (χ0) is 24.2. The molecule has 4 heterocycles. The highest BCUT2D eigenvalue weighted by Crippen LogP contribution is 2.44. The van der Waals surface area contributed by atoms with Crippen LogP contribution >= 0.6 is 0 Å². The number of hydrogen-bond donors (Lipinski definition) is 1. The second kappa shape index (κ2) is 8.64. The molecule has 3 fully saturated rings. The van der Waals surface area contributed by atoms with Gasteiger partial charge in [0.15, 0.2) is 17.7 Å². The molecule has 1 unspecified atom stereocenters. The number of fused-ring (bicyclic) bond motifs is 2. The van der Waals surface area contributed by atoms with Crippen molar-refractivity contribution in [2.75, 3.05) is 0 Å². The molecule has 35 heavy (non-hydrogen) atoms. The second-order valence-electron chi connectivity index (χ2n) is 9.91. The van der Waals surface area contributed by atoms with Crippen molar-refractivity contribution in [3.8, 4) is 11.8 Å². The maximum Gasteiger partial charge on any atom is 0.167 e. The summed E-state index contributed by atoms with van der Waals surface area (Å²) in [6.45, 7) is 3.72. The topological polar surface area (TPSA) is 97.3 Å². The van der Waals surface area contributed by atoms with Gasteiger partial charge in [-0.2, -0.15) is 0 Å². The van der Waals surface area contributed by atoms with E-state index in [1.54, 1.807) is 24.5 Å². The summed E-state index contributed by atoms with van der Waals surface area (Å²) in [6, 6.07) is 6.21. The van der Waals surface area contributed by atoms with E-state index in [9.17, 15) is 4.39 Å². The molecule has 3 aliphatic rings. The number of hydrogen-bond acceptors (Lipinski definition) is 7. The van der Waals surface area contributed by atoms with Gasteiger partial charge in [-0.05, 0) is 44.7 Å². The highest BCUT2D eigenvalue weighted by atomic mass is 19.1. The fourth-order valence-electron chi connectivity index (χ4n) is 5.47. The largest absolute Gasteiger partial charge is 0.341 e. The molecule has 2 aliphatic heterocycles. The van der Waals surface area contributed by atoms with E-state index in [1.165, 1.54) is 25.2 Å². The fourth-order valence-corrected chi connectivity index (χ4v) is 5.47. The lowest BCUT2D eigenvalue weighted by Crippen LogP contribution is -2.28. The van der Waals surface area contributed by atoms with Gasteiger partial charge in [0.1, 0.15) is 36.0 Å². The lowest BCUT2D eigenvalue weighted by Gasteiger charge is -2.23. The maximum atomic E-state index is 14.1. The van der Waals surface area contributed by atoms with Gasteiger partial charge in [0.05, 0.1) is 23.6 Å². The van der Waals surface area contributed by atoms with Crippen LogP contribution in [0.25, 0.3) is 11.2 Å². The van der Waals surface area contributed by atoms with Crippen LogP contribution in [0.5, 0.6) is 0 Å². The van der Waals surface area contributed by atoms with Crippen molar-refractivity contribution >= 4 is 11.2 Å². The fraction of sp³-hybridized carbons (Fsp3) is 0.500. The van der Waals surface area contributed by atoms with Crippen molar-refractivity contribution in [2.45, 2.75) is 75.9 Å². The molecule has 0 amide bonds. The first-order valence-corrected chi connectivity index (χ1v) is 12.1. The quantitative estimate of drug-likeness (QED) is 0.576. The van der Waals surface area contributed by atoms with Crippen molar-refractivity contribution in [3.05, 3.63) is 54.0 Å². The molecular formula is C26H28FN5O3. The molecular weight excluding hydrogens is 449 g/mol. The maximum absolute atomic E-state index is 14.1. The van der Waals surface area contributed by atoms with Crippen LogP contribution in [0.15, 0.2) is 36.9 Å². The minimum atomic E-state index is -0.809. The number of ether oxygens (including phenoxy) is 3. The molecule has 0 radical (unpaired) electrons. The normalized spacial score (nSPS) is 28.7. The number of aromatic nitrogens is 4. The number of benzene rings is 1. The zero-order valence-electron chi connectivity index (χ0n) is 19.7. The molecule has 2 N–H and O–H groups in total. The van der Waals surface area contributed by atoms with Crippen LogP contribution in [0.3, 0.4) is 0 Å². The van der Waals surface area contributed by atoms with E-state index in [4.69, 9.17) is 19.9 Å². The minimum Gasteiger partial charge on any atom is -0.341 e. The van der Waals surface area contributed by atoms with Crippen LogP contribution in [0, 0.1) is 23.6 Å². The molecule has 2 saturated heterocycles. The highest BCUT2D eigenvalue weighted by Gasteiger charge is 2.56. The summed E-state index contributed by atoms with van der Waals surface area (Å²) < 4.78 is 34.6. The molecule has 3 aromatic rings. The van der Waals surface area contributed by atoms with Gasteiger partial charge in [-0.1, -0.05) is 36.8 Å². The van der Waals surface area contributed by atoms with E-state index >= 15 is 0 Å². The van der Waals surface area contributed by atoms with E-state index < -0.39 is 30.3 Å². The molecule has 1 saturated carbocycles. The molecule has 6 rings (SSSR count). The minimum absolute atomic E-state index is 0.187. The van der Waals surface area contributed by atoms with Gasteiger partial charge < -0.3 is 19.9 Å². The van der Waals surface area contributed by atoms with Gasteiger partial charge >= 0.3 is 0 Å². The lowest BCUT2D eigenvalue weighted by atomic mass is 9.95. The first-order chi connectivity index (χ1) is 16.9. The Morgan fingerprint density at radius 1 is 1.11 bits per heavy atom. The summed E-state index contributed by atoms with van der Waals surface area (Å²) in [5.41, 5.74) is 8.98. The van der Waals surface area contributed by atoms with Gasteiger partial charge in [-0.3, -0.25) is 4.57 Å². The third-order valence-corrected chi connectivity index (χ3v) is 7.14. The summed E-state index contributed by atoms with van der Waals surface area (Å²) in [6.07, 6.45) is 5.73. The van der Waals surface area contributed by atoms with Gasteiger partial charge in [0, 0.05) is 0 Å². The van der Waals surface area contributed by atoms with Crippen LogP contribution < -0.4 is 5.73 Å². The molecule has 182 valence electrons. The van der Waals surface area contributed by atoms with Crippen LogP contribution in [0.2, 0.25) is 0 Å². The Hall–Kier alpha value is -2.90. The predicted molar refractivity (Wildman–Crippen MR) is 125 cm³/mol. The van der Waals surface area contributed by atoms with Crippen LogP contribution in [0.4, 0.5) is 4.39 Å². The molecule has 1 aliphatic carbocycles. The smallest absolute Gasteiger partial charge is 0.167 e. The average Bonchev–Trinajstić information content (AvgIpc) is 3.62. The van der Waals surface area contributed by atoms with E-state index in [2.05, 4.69) is 26.8 Å². The highest BCUT2D eigenvalue weighted by molar-refractivity contribution is 5.73. The van der Waals surface area contributed by atoms with Crippen molar-refractivity contribution in [1.82, 2.24) is 19.5 Å². The van der Waals surface area contributed by atoms with Crippen LogP contribution in [-0.4, -0.2) is 43.6 Å². The van der Waals surface area contributed by atoms with Gasteiger partial charge in [-0.15, -0.1) is 0 Å². The Labute approximate surface area is 203 Å². The van der Waals surface area contributed by atoms with E-state index in [-0.39, 0.29) is 11.9 Å². The Bertz CT molecular complexity index is 1310. The first-order valence-electron chi connectivity index (χ1n) is 12.1. The number of rotatable bonds is 3. The standard InChI is InChI=1S/C26H28FN5O3/c1-26(2)34-22-18(12-11-15-7-5-6-10-17(15)27)33-25(23(22)35-26)32-14-31-21-20(29-13-30-24(21)32)19(28)16-8-3-4-9-16/h5-7,10,13-14,16,18-19,22-23,25H,3-4,8-9,28H2,1-2H3/t18-,19?,22-,23-,25-/m1/s1. The second-order valence-corrected chi connectivity index (χ2v) is 9.91. The van der Waals surface area contributed by atoms with E-state index in [0.29, 0.717) is 22.6 Å². The summed E-state index contributed by atoms with van der Waals surface area (Å²) >= 11 is 0. The van der Waals surface area contributed by atoms with Gasteiger partial charge in [0.25, 0.3) is 0 Å². The molecule has 2 aromatic heterocycles. The summed E-state index contributed by atoms with van der Waals surface area (Å²) in [5, 5.41) is 0. The van der Waals surface area contributed by atoms with Crippen molar-refractivity contribution < 1.29 is 18.6 Å². The molecule has 8 nitrogen and oxygen atoms in total. The Kier molecular flexibility index (Phi) is 5.57. The van der Waals surface area contributed by atoms with Gasteiger partial charge in [0.2, 0.25) is 0 Å². The Balaban J connectivity index is 1.35. The zero-order valence-corrected chi connectivity index (χ0v) is 19.7. The SMILES string of the molecule is CC1(C)O[C@@H]2[C@H](O1)[C@@H](C#Cc1ccccc1F)O[C@H]2n1cnc2c(C(N)C3CCCC3)ncnc21. The number of nitrogens with two attached hydrogens (primary N) is 1. The molecule has 1 aromatic carbocycles. The van der Waals surface area contributed by atoms with Crippen molar-refractivity contribution in [3.63, 3.8) is 0 Å². The predicted octanol–water partition coefficient (Wildman–Crippen LogP) is 3.62. The van der Waals surface area contributed by atoms with E-state index in [1.807, 2.05) is 18.4 Å². The van der Waals surface area contributed by atoms with Gasteiger partial charge in [-0.25, -0.2) is 19.3 Å². The number of nitrogens with zero attached hydrogens (tertiary/aromatic N) is 4. The number of imidazole rings is 1. The monoisotopic (exact) mass is 477 g/mol. The van der Waals surface area contributed by atoms with Crippen molar-refractivity contribution in [1.29, 1.82) is 0 Å². The van der Waals surface area contributed by atoms with Crippen molar-refractivity contribution in [2.24, 2.45) is 11.7 Å². The molecule has 5 atom stereocenters. The average molecular weight is 478 g/mol. The Morgan fingerprint density at radius 3 is 2.69 bits per heavy atom. The third-order valence-electron chi connectivity index (χ3n) is 7.14. The summed E-state index contributed by atoms with van der Waals surface area (Å²) in [5.74, 6) is 5.16. The summed E-state index contributed by atoms with van der Waals surface area (Å²) in [7, 11) is 0. The molecule has 0 bridgehead atoms.